The minimum atomic E-state index is -1.11. The predicted octanol–water partition coefficient (Wildman–Crippen LogP) is 1.22. The van der Waals surface area contributed by atoms with Crippen LogP contribution in [-0.4, -0.2) is 53.3 Å². The fourth-order valence-electron chi connectivity index (χ4n) is 1.29. The van der Waals surface area contributed by atoms with Gasteiger partial charge in [0.15, 0.2) is 0 Å². The zero-order valence-corrected chi connectivity index (χ0v) is 13.7. The van der Waals surface area contributed by atoms with Gasteiger partial charge in [-0.15, -0.1) is 0 Å². The molecule has 7 nitrogen and oxygen atoms in total. The van der Waals surface area contributed by atoms with Gasteiger partial charge in [0.05, 0.1) is 0 Å². The van der Waals surface area contributed by atoms with Crippen LogP contribution in [-0.2, 0) is 14.3 Å². The zero-order valence-electron chi connectivity index (χ0n) is 12.9. The lowest BCUT2D eigenvalue weighted by atomic mass is 10.2. The topological polar surface area (TPSA) is 105 Å². The Morgan fingerprint density at radius 2 is 1.90 bits per heavy atom. The third-order valence-corrected chi connectivity index (χ3v) is 3.39. The monoisotopic (exact) mass is 320 g/mol. The van der Waals surface area contributed by atoms with Crippen LogP contribution < -0.4 is 10.6 Å². The van der Waals surface area contributed by atoms with Gasteiger partial charge in [-0.3, -0.25) is 4.79 Å². The van der Waals surface area contributed by atoms with E-state index in [4.69, 9.17) is 9.84 Å². The molecule has 0 aromatic carbocycles. The van der Waals surface area contributed by atoms with Gasteiger partial charge in [0.25, 0.3) is 0 Å². The Bertz CT molecular complexity index is 368. The Hall–Kier alpha value is -1.44. The van der Waals surface area contributed by atoms with E-state index >= 15 is 0 Å². The van der Waals surface area contributed by atoms with Gasteiger partial charge in [-0.2, -0.15) is 11.8 Å². The predicted molar refractivity (Wildman–Crippen MR) is 81.4 cm³/mol. The molecule has 0 saturated carbocycles. The summed E-state index contributed by atoms with van der Waals surface area (Å²) in [7, 11) is 1.57. The fourth-order valence-corrected chi connectivity index (χ4v) is 2.26. The molecule has 2 amide bonds. The number of ether oxygens (including phenoxy) is 1. The van der Waals surface area contributed by atoms with E-state index in [9.17, 15) is 14.4 Å². The van der Waals surface area contributed by atoms with E-state index in [0.717, 1.165) is 0 Å². The molecule has 21 heavy (non-hydrogen) atoms. The van der Waals surface area contributed by atoms with Gasteiger partial charge < -0.3 is 20.5 Å². The van der Waals surface area contributed by atoms with Crippen LogP contribution >= 0.6 is 11.8 Å². The highest BCUT2D eigenvalue weighted by molar-refractivity contribution is 7.99. The first kappa shape index (κ1) is 19.6. The molecule has 0 aliphatic rings. The van der Waals surface area contributed by atoms with Crippen molar-refractivity contribution in [2.75, 3.05) is 18.6 Å². The quantitative estimate of drug-likeness (QED) is 0.581. The van der Waals surface area contributed by atoms with Crippen molar-refractivity contribution < 1.29 is 24.2 Å². The van der Waals surface area contributed by atoms with Gasteiger partial charge in [-0.25, -0.2) is 9.59 Å². The van der Waals surface area contributed by atoms with Crippen molar-refractivity contribution in [3.8, 4) is 0 Å². The van der Waals surface area contributed by atoms with E-state index in [0.29, 0.717) is 18.6 Å². The molecule has 0 bridgehead atoms. The third-order valence-electron chi connectivity index (χ3n) is 2.24. The number of carbonyl (C=O) groups excluding carboxylic acids is 2. The van der Waals surface area contributed by atoms with Crippen molar-refractivity contribution >= 4 is 29.7 Å². The number of hydrogen-bond donors (Lipinski definition) is 3. The summed E-state index contributed by atoms with van der Waals surface area (Å²) < 4.78 is 5.02. The number of nitrogens with one attached hydrogen (secondary N) is 2. The highest BCUT2D eigenvalue weighted by atomic mass is 32.2. The Balaban J connectivity index is 4.06. The second-order valence-corrected chi connectivity index (χ2v) is 6.54. The highest BCUT2D eigenvalue weighted by Crippen LogP contribution is 2.10. The summed E-state index contributed by atoms with van der Waals surface area (Å²) in [6, 6.07) is -1.01. The van der Waals surface area contributed by atoms with Gasteiger partial charge in [0.2, 0.25) is 5.91 Å². The van der Waals surface area contributed by atoms with E-state index < -0.39 is 23.7 Å². The molecular formula is C13H24N2O5S. The minimum Gasteiger partial charge on any atom is -0.480 e. The van der Waals surface area contributed by atoms with Crippen LogP contribution in [0, 0.1) is 0 Å². The number of alkyl carbamates (subject to hydrolysis) is 1. The molecule has 8 heteroatoms. The largest absolute Gasteiger partial charge is 0.480 e. The summed E-state index contributed by atoms with van der Waals surface area (Å²) in [5.41, 5.74) is -0.673. The maximum absolute atomic E-state index is 11.5. The molecule has 122 valence electrons. The van der Waals surface area contributed by atoms with Crippen LogP contribution in [0.2, 0.25) is 0 Å². The molecular weight excluding hydrogens is 296 g/mol. The number of hydrogen-bond acceptors (Lipinski definition) is 5. The molecule has 3 N–H and O–H groups in total. The molecule has 0 saturated heterocycles. The third kappa shape index (κ3) is 10.9. The van der Waals surface area contributed by atoms with Crippen molar-refractivity contribution in [1.82, 2.24) is 10.6 Å². The molecule has 0 fully saturated rings. The van der Waals surface area contributed by atoms with Gasteiger partial charge in [-0.1, -0.05) is 0 Å². The minimum absolute atomic E-state index is 0.0442. The molecule has 0 radical (unpaired) electrons. The molecule has 0 aromatic rings. The van der Waals surface area contributed by atoms with Crippen molar-refractivity contribution in [3.05, 3.63) is 0 Å². The molecule has 1 atom stereocenters. The van der Waals surface area contributed by atoms with Crippen molar-refractivity contribution in [2.45, 2.75) is 45.3 Å². The van der Waals surface area contributed by atoms with Crippen LogP contribution in [0.4, 0.5) is 4.79 Å². The van der Waals surface area contributed by atoms with Crippen LogP contribution in [0.1, 0.15) is 33.6 Å². The van der Waals surface area contributed by atoms with Gasteiger partial charge in [-0.05, 0) is 32.9 Å². The summed E-state index contributed by atoms with van der Waals surface area (Å²) in [5.74, 6) is -0.285. The molecule has 0 heterocycles. The number of aliphatic carboxylic acids is 1. The Morgan fingerprint density at radius 1 is 1.29 bits per heavy atom. The average Bonchev–Trinajstić information content (AvgIpc) is 2.34. The Kier molecular flexibility index (Phi) is 8.84. The highest BCUT2D eigenvalue weighted by Gasteiger charge is 2.23. The van der Waals surface area contributed by atoms with Crippen LogP contribution in [0.3, 0.4) is 0 Å². The summed E-state index contributed by atoms with van der Waals surface area (Å²) in [4.78, 5) is 33.6. The maximum Gasteiger partial charge on any atom is 0.408 e. The molecule has 0 spiro atoms. The number of carbonyl (C=O) groups is 3. The van der Waals surface area contributed by atoms with Crippen LogP contribution in [0.25, 0.3) is 0 Å². The normalized spacial score (nSPS) is 12.4. The first-order chi connectivity index (χ1) is 9.65. The number of rotatable bonds is 8. The first-order valence-corrected chi connectivity index (χ1v) is 7.82. The number of thioether (sulfide) groups is 1. The number of carboxylic acids is 1. The maximum atomic E-state index is 11.5. The SMILES string of the molecule is CNC(=O)CCCSCC(NC(=O)OC(C)(C)C)C(=O)O. The molecule has 0 aromatic heterocycles. The van der Waals surface area contributed by atoms with E-state index in [2.05, 4.69) is 10.6 Å². The summed E-state index contributed by atoms with van der Waals surface area (Å²) in [6.07, 6.45) is 0.310. The lowest BCUT2D eigenvalue weighted by Crippen LogP contribution is -2.45. The van der Waals surface area contributed by atoms with Gasteiger partial charge >= 0.3 is 12.1 Å². The standard InChI is InChI=1S/C13H24N2O5S/c1-13(2,3)20-12(19)15-9(11(17)18)8-21-7-5-6-10(16)14-4/h9H,5-8H2,1-4H3,(H,14,16)(H,15,19)(H,17,18). The van der Waals surface area contributed by atoms with Crippen molar-refractivity contribution in [1.29, 1.82) is 0 Å². The smallest absolute Gasteiger partial charge is 0.408 e. The summed E-state index contributed by atoms with van der Waals surface area (Å²) >= 11 is 1.37. The molecule has 0 aliphatic heterocycles. The van der Waals surface area contributed by atoms with E-state index in [1.807, 2.05) is 0 Å². The number of carboxylic acid groups (broad SMARTS) is 1. The number of amides is 2. The molecule has 0 aliphatic carbocycles. The second-order valence-electron chi connectivity index (χ2n) is 5.39. The molecule has 1 unspecified atom stereocenters. The fraction of sp³-hybridized carbons (Fsp3) is 0.769. The first-order valence-electron chi connectivity index (χ1n) is 6.66. The lowest BCUT2D eigenvalue weighted by Gasteiger charge is -2.21. The van der Waals surface area contributed by atoms with Gasteiger partial charge in [0.1, 0.15) is 11.6 Å². The summed E-state index contributed by atoms with van der Waals surface area (Å²) in [6.45, 7) is 5.11. The molecule has 0 rings (SSSR count). The van der Waals surface area contributed by atoms with Gasteiger partial charge in [0, 0.05) is 19.2 Å². The van der Waals surface area contributed by atoms with Crippen molar-refractivity contribution in [3.63, 3.8) is 0 Å². The average molecular weight is 320 g/mol. The van der Waals surface area contributed by atoms with Crippen LogP contribution in [0.15, 0.2) is 0 Å². The Morgan fingerprint density at radius 3 is 2.38 bits per heavy atom. The summed E-state index contributed by atoms with van der Waals surface area (Å²) in [5, 5.41) is 13.9. The van der Waals surface area contributed by atoms with E-state index in [1.54, 1.807) is 27.8 Å². The van der Waals surface area contributed by atoms with E-state index in [1.165, 1.54) is 11.8 Å². The zero-order chi connectivity index (χ0) is 16.5. The Labute approximate surface area is 129 Å². The van der Waals surface area contributed by atoms with E-state index in [-0.39, 0.29) is 11.7 Å². The second kappa shape index (κ2) is 9.49. The lowest BCUT2D eigenvalue weighted by molar-refractivity contribution is -0.138. The van der Waals surface area contributed by atoms with Crippen LogP contribution in [0.5, 0.6) is 0 Å². The van der Waals surface area contributed by atoms with Crippen molar-refractivity contribution in [2.24, 2.45) is 0 Å².